The quantitative estimate of drug-likeness (QED) is 0.548. The number of rotatable bonds is 9. The summed E-state index contributed by atoms with van der Waals surface area (Å²) in [5, 5.41) is 0. The average molecular weight is 281 g/mol. The monoisotopic (exact) mass is 281 g/mol. The van der Waals surface area contributed by atoms with Gasteiger partial charge in [-0.2, -0.15) is 0 Å². The van der Waals surface area contributed by atoms with Gasteiger partial charge in [0.25, 0.3) is 0 Å². The van der Waals surface area contributed by atoms with Crippen molar-refractivity contribution in [1.29, 1.82) is 0 Å². The summed E-state index contributed by atoms with van der Waals surface area (Å²) in [4.78, 5) is 0. The number of unbranched alkanes of at least 4 members (excludes halogenated alkanes) is 3. The molecule has 20 heavy (non-hydrogen) atoms. The van der Waals surface area contributed by atoms with Crippen molar-refractivity contribution in [3.05, 3.63) is 12.1 Å². The molecule has 1 rings (SSSR count). The van der Waals surface area contributed by atoms with Crippen LogP contribution in [-0.2, 0) is 0 Å². The molecule has 0 bridgehead atoms. The molecule has 0 aromatic heterocycles. The lowest BCUT2D eigenvalue weighted by atomic mass is 10.1. The molecule has 0 fully saturated rings. The number of hydrogen-bond donors (Lipinski definition) is 1. The van der Waals surface area contributed by atoms with E-state index in [-0.39, 0.29) is 6.10 Å². The number of nitrogen functional groups attached to an aromatic ring is 1. The molecular formula is C16H27NO3. The topological polar surface area (TPSA) is 53.7 Å². The molecule has 0 heterocycles. The van der Waals surface area contributed by atoms with Crippen LogP contribution < -0.4 is 19.9 Å². The second-order valence-corrected chi connectivity index (χ2v) is 5.02. The van der Waals surface area contributed by atoms with Crippen LogP contribution in [0.5, 0.6) is 17.2 Å². The molecule has 0 aliphatic heterocycles. The predicted octanol–water partition coefficient (Wildman–Crippen LogP) is 4.02. The van der Waals surface area contributed by atoms with Gasteiger partial charge in [0.05, 0.1) is 26.0 Å². The minimum Gasteiger partial charge on any atom is -0.493 e. The first-order chi connectivity index (χ1) is 9.62. The van der Waals surface area contributed by atoms with Crippen LogP contribution in [0.2, 0.25) is 0 Å². The SMILES string of the molecule is CCCCCCC(C)Oc1cc(OC)c(OC)cc1N. The lowest BCUT2D eigenvalue weighted by molar-refractivity contribution is 0.206. The minimum atomic E-state index is 0.146. The third kappa shape index (κ3) is 4.83. The molecule has 0 amide bonds. The Bertz CT molecular complexity index is 407. The standard InChI is InChI=1S/C16H27NO3/c1-5-6-7-8-9-12(2)20-14-11-16(19-4)15(18-3)10-13(14)17/h10-12H,5-9,17H2,1-4H3. The molecular weight excluding hydrogens is 254 g/mol. The summed E-state index contributed by atoms with van der Waals surface area (Å²) >= 11 is 0. The molecule has 4 nitrogen and oxygen atoms in total. The predicted molar refractivity (Wildman–Crippen MR) is 82.8 cm³/mol. The molecule has 1 unspecified atom stereocenters. The van der Waals surface area contributed by atoms with E-state index >= 15 is 0 Å². The van der Waals surface area contributed by atoms with Gasteiger partial charge in [-0.1, -0.05) is 26.2 Å². The normalized spacial score (nSPS) is 12.0. The first-order valence-corrected chi connectivity index (χ1v) is 7.30. The summed E-state index contributed by atoms with van der Waals surface area (Å²) in [6, 6.07) is 3.52. The molecule has 0 radical (unpaired) electrons. The second-order valence-electron chi connectivity index (χ2n) is 5.02. The maximum Gasteiger partial charge on any atom is 0.164 e. The van der Waals surface area contributed by atoms with Crippen LogP contribution in [0.15, 0.2) is 12.1 Å². The Labute approximate surface area is 122 Å². The van der Waals surface area contributed by atoms with E-state index in [2.05, 4.69) is 13.8 Å². The molecule has 1 atom stereocenters. The molecule has 4 heteroatoms. The van der Waals surface area contributed by atoms with Gasteiger partial charge in [0, 0.05) is 12.1 Å². The van der Waals surface area contributed by atoms with Crippen LogP contribution in [0.3, 0.4) is 0 Å². The van der Waals surface area contributed by atoms with E-state index < -0.39 is 0 Å². The minimum absolute atomic E-state index is 0.146. The van der Waals surface area contributed by atoms with Gasteiger partial charge in [-0.3, -0.25) is 0 Å². The zero-order valence-corrected chi connectivity index (χ0v) is 13.1. The molecule has 0 saturated carbocycles. The van der Waals surface area contributed by atoms with Crippen molar-refractivity contribution in [2.24, 2.45) is 0 Å². The van der Waals surface area contributed by atoms with E-state index in [1.807, 2.05) is 0 Å². The molecule has 2 N–H and O–H groups in total. The highest BCUT2D eigenvalue weighted by Crippen LogP contribution is 2.36. The molecule has 114 valence electrons. The van der Waals surface area contributed by atoms with Crippen molar-refractivity contribution in [3.63, 3.8) is 0 Å². The zero-order valence-electron chi connectivity index (χ0n) is 13.1. The van der Waals surface area contributed by atoms with Gasteiger partial charge in [-0.05, 0) is 19.8 Å². The fourth-order valence-corrected chi connectivity index (χ4v) is 2.11. The Morgan fingerprint density at radius 2 is 1.65 bits per heavy atom. The number of methoxy groups -OCH3 is 2. The number of hydrogen-bond acceptors (Lipinski definition) is 4. The average Bonchev–Trinajstić information content (AvgIpc) is 2.45. The lowest BCUT2D eigenvalue weighted by Gasteiger charge is -2.18. The molecule has 0 aliphatic rings. The Morgan fingerprint density at radius 1 is 1.00 bits per heavy atom. The van der Waals surface area contributed by atoms with Crippen LogP contribution >= 0.6 is 0 Å². The smallest absolute Gasteiger partial charge is 0.164 e. The highest BCUT2D eigenvalue weighted by atomic mass is 16.5. The number of benzene rings is 1. The van der Waals surface area contributed by atoms with Gasteiger partial charge in [0.2, 0.25) is 0 Å². The van der Waals surface area contributed by atoms with Gasteiger partial charge < -0.3 is 19.9 Å². The second kappa shape index (κ2) is 8.56. The van der Waals surface area contributed by atoms with Crippen LogP contribution in [0, 0.1) is 0 Å². The maximum atomic E-state index is 5.98. The summed E-state index contributed by atoms with van der Waals surface area (Å²) in [6.45, 7) is 4.28. The van der Waals surface area contributed by atoms with Crippen molar-refractivity contribution >= 4 is 5.69 Å². The van der Waals surface area contributed by atoms with Gasteiger partial charge in [-0.25, -0.2) is 0 Å². The summed E-state index contributed by atoms with van der Waals surface area (Å²) in [5.74, 6) is 1.91. The molecule has 0 saturated heterocycles. The molecule has 0 spiro atoms. The van der Waals surface area contributed by atoms with E-state index in [0.717, 1.165) is 6.42 Å². The van der Waals surface area contributed by atoms with Crippen molar-refractivity contribution in [1.82, 2.24) is 0 Å². The number of ether oxygens (including phenoxy) is 3. The number of anilines is 1. The van der Waals surface area contributed by atoms with E-state index in [0.29, 0.717) is 22.9 Å². The summed E-state index contributed by atoms with van der Waals surface area (Å²) in [6.07, 6.45) is 6.15. The van der Waals surface area contributed by atoms with Gasteiger partial charge in [0.15, 0.2) is 11.5 Å². The summed E-state index contributed by atoms with van der Waals surface area (Å²) in [7, 11) is 3.19. The first-order valence-electron chi connectivity index (χ1n) is 7.30. The van der Waals surface area contributed by atoms with Gasteiger partial charge >= 0.3 is 0 Å². The van der Waals surface area contributed by atoms with Crippen LogP contribution in [0.4, 0.5) is 5.69 Å². The van der Waals surface area contributed by atoms with Crippen molar-refractivity contribution in [2.75, 3.05) is 20.0 Å². The maximum absolute atomic E-state index is 5.98. The van der Waals surface area contributed by atoms with E-state index in [9.17, 15) is 0 Å². The molecule has 0 aliphatic carbocycles. The first kappa shape index (κ1) is 16.5. The van der Waals surface area contributed by atoms with Crippen LogP contribution in [0.25, 0.3) is 0 Å². The Morgan fingerprint density at radius 3 is 2.25 bits per heavy atom. The number of nitrogens with two attached hydrogens (primary N) is 1. The third-order valence-electron chi connectivity index (χ3n) is 3.31. The highest BCUT2D eigenvalue weighted by Gasteiger charge is 2.12. The third-order valence-corrected chi connectivity index (χ3v) is 3.31. The van der Waals surface area contributed by atoms with Crippen molar-refractivity contribution < 1.29 is 14.2 Å². The fourth-order valence-electron chi connectivity index (χ4n) is 2.11. The Hall–Kier alpha value is -1.58. The van der Waals surface area contributed by atoms with E-state index in [1.165, 1.54) is 25.7 Å². The van der Waals surface area contributed by atoms with Gasteiger partial charge in [0.1, 0.15) is 5.75 Å². The van der Waals surface area contributed by atoms with Crippen LogP contribution in [0.1, 0.15) is 46.0 Å². The Balaban J connectivity index is 2.62. The lowest BCUT2D eigenvalue weighted by Crippen LogP contribution is -2.13. The summed E-state index contributed by atoms with van der Waals surface area (Å²) in [5.41, 5.74) is 6.56. The van der Waals surface area contributed by atoms with Crippen molar-refractivity contribution in [3.8, 4) is 17.2 Å². The zero-order chi connectivity index (χ0) is 15.0. The highest BCUT2D eigenvalue weighted by molar-refractivity contribution is 5.61. The fraction of sp³-hybridized carbons (Fsp3) is 0.625. The van der Waals surface area contributed by atoms with Gasteiger partial charge in [-0.15, -0.1) is 0 Å². The van der Waals surface area contributed by atoms with E-state index in [1.54, 1.807) is 26.4 Å². The van der Waals surface area contributed by atoms with E-state index in [4.69, 9.17) is 19.9 Å². The molecule has 1 aromatic carbocycles. The summed E-state index contributed by atoms with van der Waals surface area (Å²) < 4.78 is 16.4. The largest absolute Gasteiger partial charge is 0.493 e. The van der Waals surface area contributed by atoms with Crippen molar-refractivity contribution in [2.45, 2.75) is 52.1 Å². The molecule has 1 aromatic rings. The Kier molecular flexibility index (Phi) is 7.05. The van der Waals surface area contributed by atoms with Crippen LogP contribution in [-0.4, -0.2) is 20.3 Å².